The second-order valence-electron chi connectivity index (χ2n) is 1.52. The van der Waals surface area contributed by atoms with Gasteiger partial charge in [0.15, 0.2) is 0 Å². The molecule has 0 aromatic heterocycles. The molecule has 0 heterocycles. The zero-order valence-electron chi connectivity index (χ0n) is 5.82. The van der Waals surface area contributed by atoms with Crippen LogP contribution in [0.2, 0.25) is 0 Å². The second-order valence-corrected chi connectivity index (χ2v) is 1.52. The Kier molecular flexibility index (Phi) is 9.18. The largest absolute Gasteiger partial charge is 0.481 e. The third-order valence-corrected chi connectivity index (χ3v) is 0.727. The smallest absolute Gasteiger partial charge is 0.330 e. The van der Waals surface area contributed by atoms with Crippen LogP contribution in [0.25, 0.3) is 0 Å². The fourth-order valence-electron chi connectivity index (χ4n) is 0.298. The van der Waals surface area contributed by atoms with Gasteiger partial charge in [-0.15, -0.1) is 0 Å². The quantitative estimate of drug-likeness (QED) is 0.432. The van der Waals surface area contributed by atoms with E-state index in [1.165, 1.54) is 0 Å². The number of carbonyl (C=O) groups is 2. The molecule has 0 rings (SSSR count). The summed E-state index contributed by atoms with van der Waals surface area (Å²) in [6, 6.07) is 0. The summed E-state index contributed by atoms with van der Waals surface area (Å²) in [5.74, 6) is -1.59. The van der Waals surface area contributed by atoms with E-state index in [9.17, 15) is 9.59 Å². The van der Waals surface area contributed by atoms with E-state index < -0.39 is 11.9 Å². The molecule has 3 radical (unpaired) electrons. The van der Waals surface area contributed by atoms with Crippen molar-refractivity contribution in [3.63, 3.8) is 0 Å². The Balaban J connectivity index is 0. The van der Waals surface area contributed by atoms with Crippen molar-refractivity contribution in [2.75, 3.05) is 6.61 Å². The van der Waals surface area contributed by atoms with E-state index in [0.29, 0.717) is 0 Å². The minimum Gasteiger partial charge on any atom is -0.481 e. The zero-order valence-corrected chi connectivity index (χ0v) is 9.29. The molecule has 0 spiro atoms. The Bertz CT molecular complexity index is 155. The van der Waals surface area contributed by atoms with Gasteiger partial charge in [-0.1, -0.05) is 6.58 Å². The number of aliphatic carboxylic acids is 1. The van der Waals surface area contributed by atoms with Crippen LogP contribution >= 0.6 is 0 Å². The summed E-state index contributed by atoms with van der Waals surface area (Å²) in [6.07, 6.45) is 0.821. The molecule has 0 aromatic rings. The van der Waals surface area contributed by atoms with Crippen molar-refractivity contribution in [1.29, 1.82) is 0 Å². The van der Waals surface area contributed by atoms with Crippen molar-refractivity contribution in [1.82, 2.24) is 0 Å². The molecule has 5 heteroatoms. The minimum absolute atomic E-state index is 0. The van der Waals surface area contributed by atoms with Gasteiger partial charge < -0.3 is 9.84 Å². The normalized spacial score (nSPS) is 7.64. The monoisotopic (exact) mass is 353 g/mol. The summed E-state index contributed by atoms with van der Waals surface area (Å²) in [4.78, 5) is 20.1. The number of hydrogen-bond acceptors (Lipinski definition) is 3. The zero-order chi connectivity index (χ0) is 7.98. The third-order valence-electron chi connectivity index (χ3n) is 0.727. The number of carboxylic acids is 1. The maximum absolute atomic E-state index is 10.3. The van der Waals surface area contributed by atoms with Crippen LogP contribution in [0.5, 0.6) is 0 Å². The number of hydrogen-bond donors (Lipinski definition) is 1. The van der Waals surface area contributed by atoms with Gasteiger partial charge in [0.2, 0.25) is 0 Å². The van der Waals surface area contributed by atoms with Crippen molar-refractivity contribution >= 4 is 38.1 Å². The number of ether oxygens (including phenoxy) is 1. The molecule has 0 aromatic carbocycles. The molecule has 0 amide bonds. The Hall–Kier alpha value is -0.437. The first-order valence-electron chi connectivity index (χ1n) is 2.68. The predicted octanol–water partition coefficient (Wildman–Crippen LogP) is -0.190. The van der Waals surface area contributed by atoms with Crippen LogP contribution in [-0.4, -0.2) is 49.9 Å². The van der Waals surface area contributed by atoms with Gasteiger partial charge in [-0.05, 0) is 0 Å². The molecule has 4 nitrogen and oxygen atoms in total. The Morgan fingerprint density at radius 2 is 2.09 bits per heavy atom. The SMILES string of the molecule is C=CC(=O)OCCC(=O)O.[Bi]. The van der Waals surface area contributed by atoms with Gasteiger partial charge >= 0.3 is 11.9 Å². The van der Waals surface area contributed by atoms with E-state index in [2.05, 4.69) is 11.3 Å². The molecule has 0 fully saturated rings. The number of carboxylic acid groups (broad SMARTS) is 1. The summed E-state index contributed by atoms with van der Waals surface area (Å²) >= 11 is 0. The average molecular weight is 353 g/mol. The second kappa shape index (κ2) is 7.67. The number of esters is 1. The van der Waals surface area contributed by atoms with Crippen LogP contribution in [0.3, 0.4) is 0 Å². The summed E-state index contributed by atoms with van der Waals surface area (Å²) < 4.78 is 4.36. The van der Waals surface area contributed by atoms with Crippen molar-refractivity contribution in [2.45, 2.75) is 6.42 Å². The van der Waals surface area contributed by atoms with Gasteiger partial charge in [0.25, 0.3) is 0 Å². The van der Waals surface area contributed by atoms with Gasteiger partial charge in [0, 0.05) is 32.3 Å². The number of rotatable bonds is 4. The molecule has 0 saturated carbocycles. The third kappa shape index (κ3) is 9.56. The van der Waals surface area contributed by atoms with Crippen LogP contribution in [0.4, 0.5) is 0 Å². The van der Waals surface area contributed by atoms with Crippen molar-refractivity contribution in [3.8, 4) is 0 Å². The van der Waals surface area contributed by atoms with Crippen molar-refractivity contribution in [3.05, 3.63) is 12.7 Å². The number of carbonyl (C=O) groups excluding carboxylic acids is 1. The van der Waals surface area contributed by atoms with Gasteiger partial charge in [-0.2, -0.15) is 0 Å². The molecule has 0 unspecified atom stereocenters. The Morgan fingerprint density at radius 3 is 2.45 bits per heavy atom. The summed E-state index contributed by atoms with van der Waals surface area (Å²) in [5, 5.41) is 8.08. The van der Waals surface area contributed by atoms with E-state index in [-0.39, 0.29) is 39.2 Å². The van der Waals surface area contributed by atoms with Crippen molar-refractivity contribution in [2.24, 2.45) is 0 Å². The van der Waals surface area contributed by atoms with E-state index in [4.69, 9.17) is 5.11 Å². The van der Waals surface area contributed by atoms with E-state index in [1.54, 1.807) is 0 Å². The topological polar surface area (TPSA) is 63.6 Å². The maximum Gasteiger partial charge on any atom is 0.330 e. The van der Waals surface area contributed by atoms with Crippen LogP contribution < -0.4 is 0 Å². The molecule has 0 aliphatic carbocycles. The molecular formula is C6H8BiO4. The average Bonchev–Trinajstić information content (AvgIpc) is 1.87. The first-order chi connectivity index (χ1) is 4.66. The maximum atomic E-state index is 10.3. The summed E-state index contributed by atoms with van der Waals surface area (Å²) in [5.41, 5.74) is 0. The van der Waals surface area contributed by atoms with Crippen LogP contribution in [-0.2, 0) is 14.3 Å². The standard InChI is InChI=1S/C6H8O4.Bi/c1-2-6(9)10-4-3-5(7)8;/h2H,1,3-4H2,(H,7,8);. The minimum atomic E-state index is -0.989. The van der Waals surface area contributed by atoms with Crippen LogP contribution in [0.1, 0.15) is 6.42 Å². The van der Waals surface area contributed by atoms with Crippen LogP contribution in [0.15, 0.2) is 12.7 Å². The fourth-order valence-corrected chi connectivity index (χ4v) is 0.298. The van der Waals surface area contributed by atoms with Gasteiger partial charge in [-0.3, -0.25) is 4.79 Å². The van der Waals surface area contributed by atoms with Gasteiger partial charge in [0.05, 0.1) is 6.42 Å². The molecule has 0 aliphatic heterocycles. The van der Waals surface area contributed by atoms with Crippen LogP contribution in [0, 0.1) is 0 Å². The fraction of sp³-hybridized carbons (Fsp3) is 0.333. The van der Waals surface area contributed by atoms with Gasteiger partial charge in [0.1, 0.15) is 6.61 Å². The molecule has 11 heavy (non-hydrogen) atoms. The molecule has 61 valence electrons. The predicted molar refractivity (Wildman–Crippen MR) is 39.2 cm³/mol. The Labute approximate surface area is 83.4 Å². The van der Waals surface area contributed by atoms with E-state index in [0.717, 1.165) is 6.08 Å². The van der Waals surface area contributed by atoms with Crippen molar-refractivity contribution < 1.29 is 19.4 Å². The summed E-state index contributed by atoms with van der Waals surface area (Å²) in [6.45, 7) is 3.04. The first kappa shape index (κ1) is 13.2. The van der Waals surface area contributed by atoms with Gasteiger partial charge in [-0.25, -0.2) is 4.79 Å². The molecule has 0 bridgehead atoms. The molecule has 1 N–H and O–H groups in total. The molecular weight excluding hydrogens is 345 g/mol. The Morgan fingerprint density at radius 1 is 1.55 bits per heavy atom. The van der Waals surface area contributed by atoms with E-state index >= 15 is 0 Å². The van der Waals surface area contributed by atoms with E-state index in [1.807, 2.05) is 0 Å². The molecule has 0 aliphatic rings. The molecule has 0 atom stereocenters. The molecule has 0 saturated heterocycles. The summed E-state index contributed by atoms with van der Waals surface area (Å²) in [7, 11) is 0. The first-order valence-corrected chi connectivity index (χ1v) is 2.68.